The molecule has 0 radical (unpaired) electrons. The second-order valence-electron chi connectivity index (χ2n) is 2.76. The minimum atomic E-state index is -0.938. The van der Waals surface area contributed by atoms with Crippen LogP contribution in [-0.2, 0) is 13.0 Å². The largest absolute Gasteiger partial charge is 0.478 e. The van der Waals surface area contributed by atoms with Crippen LogP contribution in [0.1, 0.15) is 28.4 Å². The third-order valence-electron chi connectivity index (χ3n) is 2.03. The van der Waals surface area contributed by atoms with Gasteiger partial charge < -0.3 is 10.2 Å². The van der Waals surface area contributed by atoms with Crippen LogP contribution in [0.3, 0.4) is 0 Å². The number of benzene rings is 1. The highest BCUT2D eigenvalue weighted by atomic mass is 16.4. The lowest BCUT2D eigenvalue weighted by atomic mass is 9.99. The van der Waals surface area contributed by atoms with Crippen LogP contribution in [-0.4, -0.2) is 16.2 Å². The molecule has 0 aliphatic carbocycles. The van der Waals surface area contributed by atoms with Crippen molar-refractivity contribution < 1.29 is 15.0 Å². The van der Waals surface area contributed by atoms with Crippen molar-refractivity contribution in [2.75, 3.05) is 0 Å². The standard InChI is InChI=1S/C10H12O3/c1-2-8-7(6-11)4-3-5-9(8)10(12)13/h3-5,11H,2,6H2,1H3,(H,12,13). The Labute approximate surface area is 76.6 Å². The first kappa shape index (κ1) is 9.74. The summed E-state index contributed by atoms with van der Waals surface area (Å²) in [5.41, 5.74) is 1.70. The molecule has 0 bridgehead atoms. The summed E-state index contributed by atoms with van der Waals surface area (Å²) >= 11 is 0. The fourth-order valence-corrected chi connectivity index (χ4v) is 1.40. The summed E-state index contributed by atoms with van der Waals surface area (Å²) in [4.78, 5) is 10.8. The molecule has 0 aromatic heterocycles. The highest BCUT2D eigenvalue weighted by molar-refractivity contribution is 5.89. The van der Waals surface area contributed by atoms with Gasteiger partial charge in [-0.3, -0.25) is 0 Å². The van der Waals surface area contributed by atoms with Gasteiger partial charge >= 0.3 is 5.97 Å². The van der Waals surface area contributed by atoms with E-state index < -0.39 is 5.97 Å². The van der Waals surface area contributed by atoms with Gasteiger partial charge in [0, 0.05) is 0 Å². The van der Waals surface area contributed by atoms with Crippen LogP contribution >= 0.6 is 0 Å². The molecule has 0 aliphatic heterocycles. The maximum atomic E-state index is 10.8. The van der Waals surface area contributed by atoms with Crippen LogP contribution in [0.25, 0.3) is 0 Å². The van der Waals surface area contributed by atoms with Crippen LogP contribution < -0.4 is 0 Å². The van der Waals surface area contributed by atoms with Gasteiger partial charge in [0.1, 0.15) is 0 Å². The summed E-state index contributed by atoms with van der Waals surface area (Å²) in [6.45, 7) is 1.77. The molecule has 2 N–H and O–H groups in total. The molecule has 0 spiro atoms. The molecule has 70 valence electrons. The van der Waals surface area contributed by atoms with Gasteiger partial charge in [-0.05, 0) is 23.6 Å². The van der Waals surface area contributed by atoms with E-state index in [-0.39, 0.29) is 12.2 Å². The molecule has 1 aromatic carbocycles. The lowest BCUT2D eigenvalue weighted by Gasteiger charge is -2.07. The maximum absolute atomic E-state index is 10.8. The van der Waals surface area contributed by atoms with Crippen LogP contribution in [0.2, 0.25) is 0 Å². The number of aromatic carboxylic acids is 1. The molecule has 0 aliphatic rings. The highest BCUT2D eigenvalue weighted by Gasteiger charge is 2.10. The summed E-state index contributed by atoms with van der Waals surface area (Å²) in [7, 11) is 0. The van der Waals surface area contributed by atoms with E-state index in [1.807, 2.05) is 6.92 Å². The van der Waals surface area contributed by atoms with Crippen molar-refractivity contribution in [3.8, 4) is 0 Å². The van der Waals surface area contributed by atoms with E-state index in [1.165, 1.54) is 0 Å². The number of rotatable bonds is 3. The van der Waals surface area contributed by atoms with Gasteiger partial charge in [0.2, 0.25) is 0 Å². The first-order chi connectivity index (χ1) is 6.20. The number of aliphatic hydroxyl groups excluding tert-OH is 1. The third kappa shape index (κ3) is 1.87. The lowest BCUT2D eigenvalue weighted by molar-refractivity contribution is 0.0695. The zero-order valence-electron chi connectivity index (χ0n) is 7.45. The number of aliphatic hydroxyl groups is 1. The molecule has 13 heavy (non-hydrogen) atoms. The van der Waals surface area contributed by atoms with E-state index in [1.54, 1.807) is 18.2 Å². The highest BCUT2D eigenvalue weighted by Crippen LogP contribution is 2.15. The first-order valence-corrected chi connectivity index (χ1v) is 4.15. The Kier molecular flexibility index (Phi) is 3.03. The van der Waals surface area contributed by atoms with Gasteiger partial charge in [-0.1, -0.05) is 19.1 Å². The number of carbonyl (C=O) groups is 1. The molecule has 0 fully saturated rings. The Morgan fingerprint density at radius 2 is 2.15 bits per heavy atom. The smallest absolute Gasteiger partial charge is 0.335 e. The van der Waals surface area contributed by atoms with Crippen molar-refractivity contribution in [2.24, 2.45) is 0 Å². The van der Waals surface area contributed by atoms with Crippen LogP contribution in [0.4, 0.5) is 0 Å². The fraction of sp³-hybridized carbons (Fsp3) is 0.300. The Bertz CT molecular complexity index is 318. The summed E-state index contributed by atoms with van der Waals surface area (Å²) in [6, 6.07) is 4.94. The molecule has 0 saturated heterocycles. The summed E-state index contributed by atoms with van der Waals surface area (Å²) in [5.74, 6) is -0.938. The average molecular weight is 180 g/mol. The van der Waals surface area contributed by atoms with Crippen molar-refractivity contribution in [1.82, 2.24) is 0 Å². The Morgan fingerprint density at radius 1 is 1.46 bits per heavy atom. The number of carboxylic acid groups (broad SMARTS) is 1. The molecule has 0 amide bonds. The summed E-state index contributed by atoms with van der Waals surface area (Å²) in [6.07, 6.45) is 0.623. The molecular formula is C10H12O3. The topological polar surface area (TPSA) is 57.5 Å². The first-order valence-electron chi connectivity index (χ1n) is 4.15. The van der Waals surface area contributed by atoms with Gasteiger partial charge in [0.05, 0.1) is 12.2 Å². The lowest BCUT2D eigenvalue weighted by Crippen LogP contribution is -2.04. The van der Waals surface area contributed by atoms with E-state index in [2.05, 4.69) is 0 Å². The van der Waals surface area contributed by atoms with Crippen molar-refractivity contribution in [1.29, 1.82) is 0 Å². The quantitative estimate of drug-likeness (QED) is 0.740. The van der Waals surface area contributed by atoms with Gasteiger partial charge in [-0.15, -0.1) is 0 Å². The molecule has 0 saturated carbocycles. The van der Waals surface area contributed by atoms with Crippen molar-refractivity contribution >= 4 is 5.97 Å². The second-order valence-corrected chi connectivity index (χ2v) is 2.76. The maximum Gasteiger partial charge on any atom is 0.335 e. The molecule has 0 unspecified atom stereocenters. The fourth-order valence-electron chi connectivity index (χ4n) is 1.40. The predicted octanol–water partition coefficient (Wildman–Crippen LogP) is 1.44. The Hall–Kier alpha value is -1.35. The van der Waals surface area contributed by atoms with Crippen molar-refractivity contribution in [3.05, 3.63) is 34.9 Å². The molecular weight excluding hydrogens is 168 g/mol. The number of hydrogen-bond acceptors (Lipinski definition) is 2. The SMILES string of the molecule is CCc1c(CO)cccc1C(=O)O. The molecule has 3 heteroatoms. The van der Waals surface area contributed by atoms with Gasteiger partial charge in [0.25, 0.3) is 0 Å². The Morgan fingerprint density at radius 3 is 2.62 bits per heavy atom. The molecule has 1 aromatic rings. The third-order valence-corrected chi connectivity index (χ3v) is 2.03. The number of hydrogen-bond donors (Lipinski definition) is 2. The Balaban J connectivity index is 3.27. The zero-order chi connectivity index (χ0) is 9.84. The minimum absolute atomic E-state index is 0.107. The van der Waals surface area contributed by atoms with E-state index >= 15 is 0 Å². The average Bonchev–Trinajstić information content (AvgIpc) is 2.16. The van der Waals surface area contributed by atoms with E-state index in [9.17, 15) is 4.79 Å². The molecule has 1 rings (SSSR count). The predicted molar refractivity (Wildman–Crippen MR) is 48.7 cm³/mol. The summed E-state index contributed by atoms with van der Waals surface area (Å²) < 4.78 is 0. The molecule has 0 heterocycles. The monoisotopic (exact) mass is 180 g/mol. The molecule has 3 nitrogen and oxygen atoms in total. The molecule has 0 atom stereocenters. The number of carboxylic acids is 1. The van der Waals surface area contributed by atoms with E-state index in [0.29, 0.717) is 12.0 Å². The summed E-state index contributed by atoms with van der Waals surface area (Å²) in [5, 5.41) is 17.8. The second kappa shape index (κ2) is 4.05. The normalized spacial score (nSPS) is 10.0. The minimum Gasteiger partial charge on any atom is -0.478 e. The van der Waals surface area contributed by atoms with E-state index in [0.717, 1.165) is 5.56 Å². The zero-order valence-corrected chi connectivity index (χ0v) is 7.45. The van der Waals surface area contributed by atoms with Crippen LogP contribution in [0.5, 0.6) is 0 Å². The van der Waals surface area contributed by atoms with Crippen LogP contribution in [0, 0.1) is 0 Å². The van der Waals surface area contributed by atoms with Crippen LogP contribution in [0.15, 0.2) is 18.2 Å². The van der Waals surface area contributed by atoms with Crippen molar-refractivity contribution in [3.63, 3.8) is 0 Å². The van der Waals surface area contributed by atoms with Crippen molar-refractivity contribution in [2.45, 2.75) is 20.0 Å². The van der Waals surface area contributed by atoms with Gasteiger partial charge in [-0.25, -0.2) is 4.79 Å². The van der Waals surface area contributed by atoms with E-state index in [4.69, 9.17) is 10.2 Å². The van der Waals surface area contributed by atoms with Gasteiger partial charge in [-0.2, -0.15) is 0 Å². The van der Waals surface area contributed by atoms with Gasteiger partial charge in [0.15, 0.2) is 0 Å².